The van der Waals surface area contributed by atoms with Gasteiger partial charge in [-0.3, -0.25) is 4.98 Å². The molecule has 0 saturated carbocycles. The van der Waals surface area contributed by atoms with Crippen LogP contribution in [-0.4, -0.2) is 44.6 Å². The first-order valence-electron chi connectivity index (χ1n) is 10.1. The summed E-state index contributed by atoms with van der Waals surface area (Å²) in [5, 5.41) is 5.50. The second kappa shape index (κ2) is 8.71. The summed E-state index contributed by atoms with van der Waals surface area (Å²) in [7, 11) is 1.50. The van der Waals surface area contributed by atoms with Crippen LogP contribution in [0, 0.1) is 0 Å². The summed E-state index contributed by atoms with van der Waals surface area (Å²) in [4.78, 5) is 6.10. The Hall–Kier alpha value is -3.24. The van der Waals surface area contributed by atoms with Crippen LogP contribution in [0.2, 0.25) is 0 Å². The van der Waals surface area contributed by atoms with E-state index in [1.165, 1.54) is 25.6 Å². The molecule has 1 aromatic heterocycles. The van der Waals surface area contributed by atoms with Crippen LogP contribution in [0.25, 0.3) is 0 Å². The Balaban J connectivity index is 1.71. The lowest BCUT2D eigenvalue weighted by molar-refractivity contribution is -0.0900. The molecule has 4 rings (SSSR count). The summed E-state index contributed by atoms with van der Waals surface area (Å²) in [5.41, 5.74) is 5.92. The summed E-state index contributed by atoms with van der Waals surface area (Å²) in [5.74, 6) is 0.463. The Kier molecular flexibility index (Phi) is 5.98. The molecule has 170 valence electrons. The SMILES string of the molecule is COc1cc(N2CCOCC2)ccc1C1(N)C=C(Nc2cccnc2)C(C(F)(F)F)=CN1. The number of allylic oxidation sites excluding steroid dienone is 1. The van der Waals surface area contributed by atoms with Crippen molar-refractivity contribution in [3.63, 3.8) is 0 Å². The number of anilines is 2. The molecule has 2 aliphatic rings. The monoisotopic (exact) mass is 447 g/mol. The highest BCUT2D eigenvalue weighted by atomic mass is 19.4. The third kappa shape index (κ3) is 4.51. The summed E-state index contributed by atoms with van der Waals surface area (Å²) in [6.07, 6.45) is 0.589. The molecule has 1 aromatic carbocycles. The maximum Gasteiger partial charge on any atom is 0.419 e. The van der Waals surface area contributed by atoms with Crippen LogP contribution < -0.4 is 26.0 Å². The molecular weight excluding hydrogens is 423 g/mol. The van der Waals surface area contributed by atoms with Gasteiger partial charge in [0.05, 0.1) is 43.5 Å². The van der Waals surface area contributed by atoms with Crippen LogP contribution in [0.1, 0.15) is 5.56 Å². The number of methoxy groups -OCH3 is 1. The van der Waals surface area contributed by atoms with Crippen molar-refractivity contribution in [3.05, 3.63) is 71.8 Å². The van der Waals surface area contributed by atoms with Crippen LogP contribution in [0.4, 0.5) is 24.5 Å². The smallest absolute Gasteiger partial charge is 0.419 e. The molecule has 0 spiro atoms. The van der Waals surface area contributed by atoms with Crippen molar-refractivity contribution < 1.29 is 22.6 Å². The van der Waals surface area contributed by atoms with Gasteiger partial charge in [-0.25, -0.2) is 0 Å². The second-order valence-electron chi connectivity index (χ2n) is 7.48. The first kappa shape index (κ1) is 22.0. The van der Waals surface area contributed by atoms with Crippen LogP contribution >= 0.6 is 0 Å². The zero-order valence-corrected chi connectivity index (χ0v) is 17.4. The molecule has 2 aliphatic heterocycles. The van der Waals surface area contributed by atoms with E-state index in [1.807, 2.05) is 12.1 Å². The van der Waals surface area contributed by atoms with Gasteiger partial charge in [0.1, 0.15) is 11.4 Å². The van der Waals surface area contributed by atoms with E-state index in [9.17, 15) is 13.2 Å². The molecule has 0 radical (unpaired) electrons. The molecule has 0 amide bonds. The number of nitrogens with two attached hydrogens (primary N) is 1. The largest absolute Gasteiger partial charge is 0.496 e. The lowest BCUT2D eigenvalue weighted by atomic mass is 9.93. The quantitative estimate of drug-likeness (QED) is 0.650. The Labute approximate surface area is 183 Å². The fourth-order valence-corrected chi connectivity index (χ4v) is 3.74. The number of dihydropyridines is 1. The fourth-order valence-electron chi connectivity index (χ4n) is 3.74. The van der Waals surface area contributed by atoms with Gasteiger partial charge in [-0.05, 0) is 30.3 Å². The number of benzene rings is 1. The summed E-state index contributed by atoms with van der Waals surface area (Å²) >= 11 is 0. The fraction of sp³-hybridized carbons (Fsp3) is 0.318. The molecule has 1 fully saturated rings. The molecule has 0 bridgehead atoms. The molecule has 3 heterocycles. The van der Waals surface area contributed by atoms with E-state index in [4.69, 9.17) is 15.2 Å². The number of alkyl halides is 3. The zero-order chi connectivity index (χ0) is 22.8. The number of pyridine rings is 1. The molecule has 32 heavy (non-hydrogen) atoms. The van der Waals surface area contributed by atoms with Crippen molar-refractivity contribution >= 4 is 11.4 Å². The van der Waals surface area contributed by atoms with Crippen molar-refractivity contribution in [2.75, 3.05) is 43.6 Å². The minimum absolute atomic E-state index is 0.175. The molecule has 1 atom stereocenters. The number of morpholine rings is 1. The Morgan fingerprint density at radius 3 is 2.69 bits per heavy atom. The topological polar surface area (TPSA) is 84.7 Å². The van der Waals surface area contributed by atoms with Crippen molar-refractivity contribution in [1.29, 1.82) is 0 Å². The first-order valence-corrected chi connectivity index (χ1v) is 10.1. The predicted octanol–water partition coefficient (Wildman–Crippen LogP) is 3.08. The highest BCUT2D eigenvalue weighted by Gasteiger charge is 2.42. The third-order valence-electron chi connectivity index (χ3n) is 5.37. The number of ether oxygens (including phenoxy) is 2. The molecule has 7 nitrogen and oxygen atoms in total. The lowest BCUT2D eigenvalue weighted by Crippen LogP contribution is -2.50. The molecule has 10 heteroatoms. The van der Waals surface area contributed by atoms with E-state index in [0.717, 1.165) is 25.0 Å². The maximum atomic E-state index is 13.7. The molecular formula is C22H24F3N5O2. The summed E-state index contributed by atoms with van der Waals surface area (Å²) in [6, 6.07) is 8.73. The van der Waals surface area contributed by atoms with Gasteiger partial charge < -0.3 is 30.7 Å². The molecule has 0 aliphatic carbocycles. The van der Waals surface area contributed by atoms with Gasteiger partial charge in [0.15, 0.2) is 0 Å². The molecule has 2 aromatic rings. The average molecular weight is 447 g/mol. The van der Waals surface area contributed by atoms with Gasteiger partial charge in [0.25, 0.3) is 0 Å². The number of hydrogen-bond donors (Lipinski definition) is 3. The van der Waals surface area contributed by atoms with Crippen molar-refractivity contribution in [3.8, 4) is 5.75 Å². The second-order valence-corrected chi connectivity index (χ2v) is 7.48. The molecule has 1 saturated heterocycles. The van der Waals surface area contributed by atoms with E-state index >= 15 is 0 Å². The van der Waals surface area contributed by atoms with Crippen molar-refractivity contribution in [2.45, 2.75) is 11.8 Å². The lowest BCUT2D eigenvalue weighted by Gasteiger charge is -2.35. The van der Waals surface area contributed by atoms with Crippen molar-refractivity contribution in [1.82, 2.24) is 10.3 Å². The van der Waals surface area contributed by atoms with Crippen LogP contribution in [-0.2, 0) is 10.4 Å². The standard InChI is InChI=1S/C22H24F3N5O2/c1-31-20-11-16(30-7-9-32-10-8-30)4-5-17(20)21(26)12-19(18(14-28-21)22(23,24)25)29-15-3-2-6-27-13-15/h2-6,11-14,28-29H,7-10,26H2,1H3. The number of hydrogen-bond acceptors (Lipinski definition) is 7. The molecule has 4 N–H and O–H groups in total. The van der Waals surface area contributed by atoms with Gasteiger partial charge in [-0.15, -0.1) is 0 Å². The Bertz CT molecular complexity index is 1020. The van der Waals surface area contributed by atoms with Crippen LogP contribution in [0.5, 0.6) is 5.75 Å². The number of halogens is 3. The third-order valence-corrected chi connectivity index (χ3v) is 5.37. The van der Waals surface area contributed by atoms with Gasteiger partial charge in [0, 0.05) is 42.8 Å². The summed E-state index contributed by atoms with van der Waals surface area (Å²) < 4.78 is 52.0. The van der Waals surface area contributed by atoms with Gasteiger partial charge in [-0.1, -0.05) is 0 Å². The minimum atomic E-state index is -4.58. The van der Waals surface area contributed by atoms with Crippen molar-refractivity contribution in [2.24, 2.45) is 5.73 Å². The van der Waals surface area contributed by atoms with Gasteiger partial charge >= 0.3 is 6.18 Å². The summed E-state index contributed by atoms with van der Waals surface area (Å²) in [6.45, 7) is 2.74. The first-order chi connectivity index (χ1) is 15.3. The van der Waals surface area contributed by atoms with Gasteiger partial charge in [0.2, 0.25) is 0 Å². The Morgan fingerprint density at radius 2 is 2.03 bits per heavy atom. The Morgan fingerprint density at radius 1 is 1.25 bits per heavy atom. The number of rotatable bonds is 5. The van der Waals surface area contributed by atoms with Crippen LogP contribution in [0.3, 0.4) is 0 Å². The maximum absolute atomic E-state index is 13.7. The normalized spacial score (nSPS) is 21.3. The van der Waals surface area contributed by atoms with E-state index in [-0.39, 0.29) is 5.70 Å². The highest BCUT2D eigenvalue weighted by Crippen LogP contribution is 2.39. The average Bonchev–Trinajstić information content (AvgIpc) is 2.79. The van der Waals surface area contributed by atoms with E-state index < -0.39 is 17.4 Å². The molecule has 1 unspecified atom stereocenters. The van der Waals surface area contributed by atoms with E-state index in [1.54, 1.807) is 18.2 Å². The van der Waals surface area contributed by atoms with Crippen LogP contribution in [0.15, 0.2) is 66.3 Å². The predicted molar refractivity (Wildman–Crippen MR) is 115 cm³/mol. The van der Waals surface area contributed by atoms with E-state index in [0.29, 0.717) is 30.2 Å². The van der Waals surface area contributed by atoms with E-state index in [2.05, 4.69) is 20.5 Å². The van der Waals surface area contributed by atoms with Gasteiger partial charge in [-0.2, -0.15) is 13.2 Å². The minimum Gasteiger partial charge on any atom is -0.496 e. The number of nitrogens with one attached hydrogen (secondary N) is 2. The number of nitrogens with zero attached hydrogens (tertiary/aromatic N) is 2. The zero-order valence-electron chi connectivity index (χ0n) is 17.4. The highest BCUT2D eigenvalue weighted by molar-refractivity contribution is 5.60. The number of aromatic nitrogens is 1.